The zero-order valence-corrected chi connectivity index (χ0v) is 14.5. The Morgan fingerprint density at radius 1 is 1.18 bits per heavy atom. The molecule has 1 unspecified atom stereocenters. The van der Waals surface area contributed by atoms with Crippen molar-refractivity contribution in [1.82, 2.24) is 9.21 Å². The lowest BCUT2D eigenvalue weighted by Crippen LogP contribution is -2.54. The van der Waals surface area contributed by atoms with Gasteiger partial charge in [-0.25, -0.2) is 8.42 Å². The van der Waals surface area contributed by atoms with Crippen molar-refractivity contribution in [3.63, 3.8) is 0 Å². The Morgan fingerprint density at radius 2 is 1.68 bits per heavy atom. The van der Waals surface area contributed by atoms with E-state index in [1.54, 1.807) is 11.8 Å². The molecule has 1 saturated heterocycles. The highest BCUT2D eigenvalue weighted by molar-refractivity contribution is 7.88. The number of nitrogens with zero attached hydrogens (tertiary/aromatic N) is 2. The van der Waals surface area contributed by atoms with Crippen LogP contribution in [0.5, 0.6) is 0 Å². The number of carbonyl (C=O) groups is 2. The molecule has 1 aliphatic rings. The van der Waals surface area contributed by atoms with Gasteiger partial charge in [0.05, 0.1) is 18.1 Å². The molecule has 8 heteroatoms. The number of carbonyl (C=O) groups excluding carboxylic acids is 1. The van der Waals surface area contributed by atoms with E-state index in [9.17, 15) is 18.0 Å². The highest BCUT2D eigenvalue weighted by Gasteiger charge is 2.40. The van der Waals surface area contributed by atoms with Gasteiger partial charge < -0.3 is 10.0 Å². The molecule has 22 heavy (non-hydrogen) atoms. The normalized spacial score (nSPS) is 20.0. The van der Waals surface area contributed by atoms with Crippen molar-refractivity contribution in [2.75, 3.05) is 32.4 Å². The summed E-state index contributed by atoms with van der Waals surface area (Å²) in [7, 11) is -3.25. The van der Waals surface area contributed by atoms with E-state index in [0.29, 0.717) is 19.5 Å². The quantitative estimate of drug-likeness (QED) is 0.768. The third-order valence-electron chi connectivity index (χ3n) is 3.91. The molecule has 0 spiro atoms. The molecule has 1 fully saturated rings. The molecule has 128 valence electrons. The van der Waals surface area contributed by atoms with Crippen molar-refractivity contribution >= 4 is 21.9 Å². The van der Waals surface area contributed by atoms with Crippen LogP contribution in [-0.2, 0) is 19.6 Å². The molecule has 0 aliphatic carbocycles. The second kappa shape index (κ2) is 6.95. The number of carboxylic acid groups (broad SMARTS) is 1. The Bertz CT molecular complexity index is 523. The van der Waals surface area contributed by atoms with E-state index in [0.717, 1.165) is 6.26 Å². The van der Waals surface area contributed by atoms with Crippen molar-refractivity contribution in [1.29, 1.82) is 0 Å². The zero-order chi connectivity index (χ0) is 17.1. The van der Waals surface area contributed by atoms with Crippen molar-refractivity contribution in [3.8, 4) is 0 Å². The van der Waals surface area contributed by atoms with E-state index in [1.165, 1.54) is 4.31 Å². The van der Waals surface area contributed by atoms with Gasteiger partial charge in [0, 0.05) is 26.2 Å². The number of amides is 1. The summed E-state index contributed by atoms with van der Waals surface area (Å²) < 4.78 is 24.3. The molecule has 0 bridgehead atoms. The van der Waals surface area contributed by atoms with Gasteiger partial charge in [0.25, 0.3) is 0 Å². The van der Waals surface area contributed by atoms with Crippen LogP contribution in [0.2, 0.25) is 0 Å². The first-order valence-corrected chi connectivity index (χ1v) is 9.27. The van der Waals surface area contributed by atoms with Gasteiger partial charge in [-0.1, -0.05) is 20.8 Å². The lowest BCUT2D eigenvalue weighted by molar-refractivity contribution is -0.151. The van der Waals surface area contributed by atoms with Gasteiger partial charge in [0.15, 0.2) is 0 Å². The number of carboxylic acids is 1. The third-order valence-corrected chi connectivity index (χ3v) is 5.21. The highest BCUT2D eigenvalue weighted by atomic mass is 32.2. The fourth-order valence-corrected chi connectivity index (χ4v) is 3.90. The van der Waals surface area contributed by atoms with E-state index in [1.807, 2.05) is 13.8 Å². The number of hydrogen-bond acceptors (Lipinski definition) is 4. The molecule has 0 radical (unpaired) electrons. The zero-order valence-electron chi connectivity index (χ0n) is 13.7. The molecule has 0 aromatic carbocycles. The second-order valence-corrected chi connectivity index (χ2v) is 8.67. The summed E-state index contributed by atoms with van der Waals surface area (Å²) in [5.41, 5.74) is -0.951. The molecule has 1 N–H and O–H groups in total. The summed E-state index contributed by atoms with van der Waals surface area (Å²) in [6.07, 6.45) is 1.43. The van der Waals surface area contributed by atoms with Crippen molar-refractivity contribution < 1.29 is 23.1 Å². The van der Waals surface area contributed by atoms with Crippen LogP contribution in [0.4, 0.5) is 0 Å². The van der Waals surface area contributed by atoms with E-state index >= 15 is 0 Å². The molecule has 0 aromatic heterocycles. The number of rotatable bonds is 6. The monoisotopic (exact) mass is 334 g/mol. The Kier molecular flexibility index (Phi) is 5.97. The van der Waals surface area contributed by atoms with Gasteiger partial charge in [-0.05, 0) is 12.3 Å². The third kappa shape index (κ3) is 4.95. The van der Waals surface area contributed by atoms with Crippen molar-refractivity contribution in [2.24, 2.45) is 11.3 Å². The molecule has 1 heterocycles. The number of aliphatic carboxylic acids is 1. The fraction of sp³-hybridized carbons (Fsp3) is 0.857. The van der Waals surface area contributed by atoms with Gasteiger partial charge in [0.1, 0.15) is 0 Å². The van der Waals surface area contributed by atoms with Crippen LogP contribution in [-0.4, -0.2) is 67.0 Å². The predicted octanol–water partition coefficient (Wildman–Crippen LogP) is 0.617. The molecular formula is C14H26N2O5S. The van der Waals surface area contributed by atoms with Crippen molar-refractivity contribution in [2.45, 2.75) is 33.6 Å². The Hall–Kier alpha value is -1.15. The Labute approximate surface area is 132 Å². The number of sulfonamides is 1. The maximum absolute atomic E-state index is 12.7. The van der Waals surface area contributed by atoms with Gasteiger partial charge in [-0.2, -0.15) is 4.31 Å². The van der Waals surface area contributed by atoms with Crippen LogP contribution in [0.15, 0.2) is 0 Å². The second-order valence-electron chi connectivity index (χ2n) is 6.68. The van der Waals surface area contributed by atoms with Gasteiger partial charge in [0.2, 0.25) is 15.9 Å². The number of piperazine rings is 1. The minimum Gasteiger partial charge on any atom is -0.481 e. The summed E-state index contributed by atoms with van der Waals surface area (Å²) in [5, 5.41) is 9.10. The summed E-state index contributed by atoms with van der Waals surface area (Å²) in [4.78, 5) is 25.4. The van der Waals surface area contributed by atoms with Gasteiger partial charge >= 0.3 is 5.97 Å². The van der Waals surface area contributed by atoms with Crippen molar-refractivity contribution in [3.05, 3.63) is 0 Å². The molecule has 1 rings (SSSR count). The SMILES string of the molecule is CC(C)CC(C)(CC(=O)O)C(=O)N1CCN(S(C)(=O)=O)CC1. The van der Waals surface area contributed by atoms with Crippen LogP contribution >= 0.6 is 0 Å². The Balaban J connectivity index is 2.82. The average Bonchev–Trinajstić information content (AvgIpc) is 2.35. The maximum atomic E-state index is 12.7. The summed E-state index contributed by atoms with van der Waals surface area (Å²) in [5.74, 6) is -0.992. The lowest BCUT2D eigenvalue weighted by Gasteiger charge is -2.39. The molecular weight excluding hydrogens is 308 g/mol. The van der Waals surface area contributed by atoms with Gasteiger partial charge in [-0.15, -0.1) is 0 Å². The summed E-state index contributed by atoms with van der Waals surface area (Å²) in [6.45, 7) is 6.72. The lowest BCUT2D eigenvalue weighted by atomic mass is 9.77. The van der Waals surface area contributed by atoms with Crippen LogP contribution in [0, 0.1) is 11.3 Å². The van der Waals surface area contributed by atoms with Crippen LogP contribution < -0.4 is 0 Å². The summed E-state index contributed by atoms with van der Waals surface area (Å²) in [6, 6.07) is 0. The molecule has 1 aliphatic heterocycles. The molecule has 7 nitrogen and oxygen atoms in total. The van der Waals surface area contributed by atoms with Crippen LogP contribution in [0.1, 0.15) is 33.6 Å². The van der Waals surface area contributed by atoms with Crippen LogP contribution in [0.25, 0.3) is 0 Å². The molecule has 0 aromatic rings. The first-order chi connectivity index (χ1) is 9.95. The van der Waals surface area contributed by atoms with E-state index in [-0.39, 0.29) is 31.3 Å². The van der Waals surface area contributed by atoms with Crippen LogP contribution in [0.3, 0.4) is 0 Å². The first-order valence-electron chi connectivity index (χ1n) is 7.42. The minimum atomic E-state index is -3.25. The smallest absolute Gasteiger partial charge is 0.304 e. The number of hydrogen-bond donors (Lipinski definition) is 1. The average molecular weight is 334 g/mol. The van der Waals surface area contributed by atoms with E-state index in [2.05, 4.69) is 0 Å². The van der Waals surface area contributed by atoms with E-state index in [4.69, 9.17) is 5.11 Å². The highest BCUT2D eigenvalue weighted by Crippen LogP contribution is 2.33. The van der Waals surface area contributed by atoms with E-state index < -0.39 is 21.4 Å². The molecule has 0 saturated carbocycles. The topological polar surface area (TPSA) is 95.0 Å². The first kappa shape index (κ1) is 18.9. The minimum absolute atomic E-state index is 0.197. The fourth-order valence-electron chi connectivity index (χ4n) is 3.07. The largest absolute Gasteiger partial charge is 0.481 e. The Morgan fingerprint density at radius 3 is 2.05 bits per heavy atom. The maximum Gasteiger partial charge on any atom is 0.304 e. The standard InChI is InChI=1S/C14H26N2O5S/c1-11(2)9-14(3,10-12(17)18)13(19)15-5-7-16(8-6-15)22(4,20)21/h11H,5-10H2,1-4H3,(H,17,18). The molecule has 1 atom stereocenters. The predicted molar refractivity (Wildman–Crippen MR) is 82.8 cm³/mol. The molecule has 1 amide bonds. The van der Waals surface area contributed by atoms with Gasteiger partial charge in [-0.3, -0.25) is 9.59 Å². The summed E-state index contributed by atoms with van der Waals surface area (Å²) >= 11 is 0.